The summed E-state index contributed by atoms with van der Waals surface area (Å²) >= 11 is 0. The van der Waals surface area contributed by atoms with Gasteiger partial charge in [0.15, 0.2) is 0 Å². The van der Waals surface area contributed by atoms with Crippen LogP contribution in [0.1, 0.15) is 25.7 Å². The van der Waals surface area contributed by atoms with E-state index in [0.717, 1.165) is 44.1 Å². The van der Waals surface area contributed by atoms with E-state index in [2.05, 4.69) is 9.88 Å². The first-order chi connectivity index (χ1) is 7.25. The van der Waals surface area contributed by atoms with E-state index in [0.29, 0.717) is 5.92 Å². The molecule has 0 atom stereocenters. The van der Waals surface area contributed by atoms with Gasteiger partial charge >= 0.3 is 0 Å². The molecule has 1 N–H and O–H groups in total. The average molecular weight is 207 g/mol. The number of nitrogens with zero attached hydrogens (tertiary/aromatic N) is 2. The number of aromatic nitrogens is 1. The van der Waals surface area contributed by atoms with Crippen molar-refractivity contribution in [3.8, 4) is 0 Å². The van der Waals surface area contributed by atoms with Gasteiger partial charge in [0.25, 0.3) is 0 Å². The van der Waals surface area contributed by atoms with Crippen molar-refractivity contribution in [2.24, 2.45) is 5.92 Å². The molecule has 1 aromatic rings. The number of piperidine rings is 1. The quantitative estimate of drug-likeness (QED) is 0.770. The van der Waals surface area contributed by atoms with Crippen LogP contribution in [0.25, 0.3) is 0 Å². The van der Waals surface area contributed by atoms with Crippen molar-refractivity contribution < 1.29 is 4.42 Å². The van der Waals surface area contributed by atoms with E-state index in [-0.39, 0.29) is 0 Å². The van der Waals surface area contributed by atoms with Gasteiger partial charge in [-0.3, -0.25) is 4.90 Å². The molecule has 82 valence electrons. The summed E-state index contributed by atoms with van der Waals surface area (Å²) < 4.78 is 5.22. The van der Waals surface area contributed by atoms with Crippen molar-refractivity contribution >= 4 is 5.71 Å². The molecule has 0 saturated carbocycles. The summed E-state index contributed by atoms with van der Waals surface area (Å²) in [5.74, 6) is 1.28. The molecule has 0 amide bonds. The third-order valence-electron chi connectivity index (χ3n) is 3.04. The molecule has 4 nitrogen and oxygen atoms in total. The van der Waals surface area contributed by atoms with Crippen LogP contribution in [-0.2, 0) is 6.54 Å². The Morgan fingerprint density at radius 3 is 2.87 bits per heavy atom. The van der Waals surface area contributed by atoms with E-state index < -0.39 is 0 Å². The largest absolute Gasteiger partial charge is 0.448 e. The van der Waals surface area contributed by atoms with Crippen molar-refractivity contribution in [1.82, 2.24) is 9.88 Å². The minimum Gasteiger partial charge on any atom is -0.448 e. The Bertz CT molecular complexity index is 313. The number of nitrogens with one attached hydrogen (secondary N) is 1. The Morgan fingerprint density at radius 2 is 2.33 bits per heavy atom. The van der Waals surface area contributed by atoms with E-state index in [1.54, 1.807) is 12.5 Å². The predicted molar refractivity (Wildman–Crippen MR) is 57.9 cm³/mol. The lowest BCUT2D eigenvalue weighted by Crippen LogP contribution is -2.35. The molecule has 0 radical (unpaired) electrons. The molecule has 1 fully saturated rings. The highest BCUT2D eigenvalue weighted by Gasteiger charge is 2.21. The Balaban J connectivity index is 1.81. The van der Waals surface area contributed by atoms with Gasteiger partial charge in [-0.05, 0) is 38.8 Å². The average Bonchev–Trinajstić information content (AvgIpc) is 2.71. The van der Waals surface area contributed by atoms with Crippen molar-refractivity contribution in [3.05, 3.63) is 18.4 Å². The van der Waals surface area contributed by atoms with Gasteiger partial charge in [-0.25, -0.2) is 4.98 Å². The highest BCUT2D eigenvalue weighted by Crippen LogP contribution is 2.19. The van der Waals surface area contributed by atoms with Gasteiger partial charge in [0, 0.05) is 5.71 Å². The monoisotopic (exact) mass is 207 g/mol. The lowest BCUT2D eigenvalue weighted by molar-refractivity contribution is 0.185. The molecular formula is C11H17N3O. The molecular weight excluding hydrogens is 190 g/mol. The molecule has 15 heavy (non-hydrogen) atoms. The van der Waals surface area contributed by atoms with Gasteiger partial charge in [-0.15, -0.1) is 0 Å². The van der Waals surface area contributed by atoms with Gasteiger partial charge < -0.3 is 9.83 Å². The molecule has 0 unspecified atom stereocenters. The first-order valence-corrected chi connectivity index (χ1v) is 5.41. The fraction of sp³-hybridized carbons (Fsp3) is 0.636. The van der Waals surface area contributed by atoms with E-state index in [1.165, 1.54) is 0 Å². The van der Waals surface area contributed by atoms with Crippen molar-refractivity contribution in [2.75, 3.05) is 13.1 Å². The Morgan fingerprint density at radius 1 is 1.60 bits per heavy atom. The summed E-state index contributed by atoms with van der Waals surface area (Å²) in [6, 6.07) is 0. The number of hydrogen-bond donors (Lipinski definition) is 1. The minimum atomic E-state index is 0.491. The predicted octanol–water partition coefficient (Wildman–Crippen LogP) is 1.93. The van der Waals surface area contributed by atoms with Crippen LogP contribution >= 0.6 is 0 Å². The smallest absolute Gasteiger partial charge is 0.208 e. The van der Waals surface area contributed by atoms with Gasteiger partial charge in [-0.1, -0.05) is 0 Å². The molecule has 0 bridgehead atoms. The van der Waals surface area contributed by atoms with Gasteiger partial charge in [0.05, 0.1) is 12.7 Å². The summed E-state index contributed by atoms with van der Waals surface area (Å²) in [7, 11) is 0. The van der Waals surface area contributed by atoms with Crippen LogP contribution in [0.2, 0.25) is 0 Å². The lowest BCUT2D eigenvalue weighted by atomic mass is 9.93. The van der Waals surface area contributed by atoms with Crippen LogP contribution in [0.3, 0.4) is 0 Å². The maximum Gasteiger partial charge on any atom is 0.208 e. The number of hydrogen-bond acceptors (Lipinski definition) is 4. The molecule has 2 heterocycles. The highest BCUT2D eigenvalue weighted by atomic mass is 16.3. The lowest BCUT2D eigenvalue weighted by Gasteiger charge is -2.30. The van der Waals surface area contributed by atoms with Gasteiger partial charge in [-0.2, -0.15) is 0 Å². The van der Waals surface area contributed by atoms with E-state index in [4.69, 9.17) is 9.83 Å². The normalized spacial score (nSPS) is 19.3. The zero-order valence-corrected chi connectivity index (χ0v) is 9.07. The molecule has 4 heteroatoms. The maximum absolute atomic E-state index is 7.60. The van der Waals surface area contributed by atoms with Crippen LogP contribution in [0.15, 0.2) is 16.9 Å². The third kappa shape index (κ3) is 2.65. The first kappa shape index (κ1) is 10.4. The van der Waals surface area contributed by atoms with Crippen molar-refractivity contribution in [3.63, 3.8) is 0 Å². The second-order valence-corrected chi connectivity index (χ2v) is 4.16. The standard InChI is InChI=1S/C11H17N3O/c1-9(12)10-2-5-14(6-3-10)8-11-13-4-7-15-11/h4,7,10,12H,2-3,5-6,8H2,1H3. The minimum absolute atomic E-state index is 0.491. The zero-order chi connectivity index (χ0) is 10.7. The summed E-state index contributed by atoms with van der Waals surface area (Å²) in [6.45, 7) is 4.80. The summed E-state index contributed by atoms with van der Waals surface area (Å²) in [5, 5.41) is 7.60. The second kappa shape index (κ2) is 4.57. The molecule has 1 aliphatic heterocycles. The van der Waals surface area contributed by atoms with Crippen molar-refractivity contribution in [2.45, 2.75) is 26.3 Å². The molecule has 1 saturated heterocycles. The van der Waals surface area contributed by atoms with Crippen LogP contribution in [0.4, 0.5) is 0 Å². The summed E-state index contributed by atoms with van der Waals surface area (Å²) in [6.07, 6.45) is 5.49. The molecule has 0 spiro atoms. The maximum atomic E-state index is 7.60. The van der Waals surface area contributed by atoms with Crippen LogP contribution < -0.4 is 0 Å². The highest BCUT2D eigenvalue weighted by molar-refractivity contribution is 5.81. The topological polar surface area (TPSA) is 53.1 Å². The fourth-order valence-electron chi connectivity index (χ4n) is 2.05. The zero-order valence-electron chi connectivity index (χ0n) is 9.07. The van der Waals surface area contributed by atoms with Gasteiger partial charge in [0.1, 0.15) is 6.26 Å². The molecule has 2 rings (SSSR count). The van der Waals surface area contributed by atoms with Crippen LogP contribution in [0, 0.1) is 11.3 Å². The molecule has 1 aliphatic rings. The molecule has 1 aromatic heterocycles. The Hall–Kier alpha value is -1.16. The van der Waals surface area contributed by atoms with E-state index in [1.807, 2.05) is 6.92 Å². The van der Waals surface area contributed by atoms with Crippen molar-refractivity contribution in [1.29, 1.82) is 5.41 Å². The van der Waals surface area contributed by atoms with E-state index in [9.17, 15) is 0 Å². The molecule has 0 aromatic carbocycles. The SMILES string of the molecule is CC(=N)C1CCN(Cc2ncco2)CC1. The van der Waals surface area contributed by atoms with Crippen LogP contribution in [-0.4, -0.2) is 28.7 Å². The third-order valence-corrected chi connectivity index (χ3v) is 3.04. The Labute approximate surface area is 89.8 Å². The van der Waals surface area contributed by atoms with Crippen LogP contribution in [0.5, 0.6) is 0 Å². The fourth-order valence-corrected chi connectivity index (χ4v) is 2.05. The number of likely N-dealkylation sites (tertiary alicyclic amines) is 1. The Kier molecular flexibility index (Phi) is 3.16. The van der Waals surface area contributed by atoms with E-state index >= 15 is 0 Å². The summed E-state index contributed by atoms with van der Waals surface area (Å²) in [5.41, 5.74) is 0.825. The second-order valence-electron chi connectivity index (χ2n) is 4.16. The summed E-state index contributed by atoms with van der Waals surface area (Å²) in [4.78, 5) is 6.45. The number of rotatable bonds is 3. The number of oxazole rings is 1. The van der Waals surface area contributed by atoms with Gasteiger partial charge in [0.2, 0.25) is 5.89 Å². The first-order valence-electron chi connectivity index (χ1n) is 5.41. The molecule has 0 aliphatic carbocycles.